The van der Waals surface area contributed by atoms with Gasteiger partial charge in [0, 0.05) is 29.1 Å². The van der Waals surface area contributed by atoms with Crippen molar-refractivity contribution in [2.75, 3.05) is 13.2 Å². The minimum Gasteiger partial charge on any atom is -0.367 e. The Labute approximate surface area is 107 Å². The zero-order valence-electron chi connectivity index (χ0n) is 10.3. The summed E-state index contributed by atoms with van der Waals surface area (Å²) in [5.74, 6) is 0.754. The van der Waals surface area contributed by atoms with Gasteiger partial charge < -0.3 is 4.74 Å². The first-order valence-electron chi connectivity index (χ1n) is 6.55. The van der Waals surface area contributed by atoms with Crippen molar-refractivity contribution in [3.05, 3.63) is 21.9 Å². The maximum Gasteiger partial charge on any atom is 0.121 e. The number of ether oxygens (including phenoxy) is 1. The Morgan fingerprint density at radius 1 is 1.47 bits per heavy atom. The third-order valence-electron chi connectivity index (χ3n) is 3.71. The Morgan fingerprint density at radius 3 is 3.35 bits per heavy atom. The number of hydrogen-bond acceptors (Lipinski definition) is 3. The third-order valence-corrected chi connectivity index (χ3v) is 4.70. The van der Waals surface area contributed by atoms with Crippen LogP contribution in [0.25, 0.3) is 0 Å². The minimum absolute atomic E-state index is 0.158. The molecule has 2 nitrogen and oxygen atoms in total. The summed E-state index contributed by atoms with van der Waals surface area (Å²) in [6.45, 7) is 4.17. The summed E-state index contributed by atoms with van der Waals surface area (Å²) in [5, 5.41) is 2.19. The molecule has 1 aromatic rings. The van der Waals surface area contributed by atoms with Gasteiger partial charge in [-0.25, -0.2) is 0 Å². The van der Waals surface area contributed by atoms with Crippen LogP contribution in [0.5, 0.6) is 0 Å². The van der Waals surface area contributed by atoms with Crippen molar-refractivity contribution in [1.29, 1.82) is 0 Å². The maximum absolute atomic E-state index is 5.98. The van der Waals surface area contributed by atoms with Crippen LogP contribution >= 0.6 is 11.3 Å². The second-order valence-corrected chi connectivity index (χ2v) is 6.13. The van der Waals surface area contributed by atoms with E-state index in [-0.39, 0.29) is 6.10 Å². The molecule has 0 aliphatic carbocycles. The summed E-state index contributed by atoms with van der Waals surface area (Å²) >= 11 is 1.86. The molecule has 1 aromatic heterocycles. The van der Waals surface area contributed by atoms with Crippen LogP contribution in [-0.2, 0) is 11.2 Å². The van der Waals surface area contributed by atoms with Crippen molar-refractivity contribution in [1.82, 2.24) is 0 Å². The van der Waals surface area contributed by atoms with Crippen molar-refractivity contribution in [2.45, 2.75) is 38.7 Å². The van der Waals surface area contributed by atoms with Gasteiger partial charge in [0.2, 0.25) is 0 Å². The van der Waals surface area contributed by atoms with Crippen LogP contribution in [0, 0.1) is 5.92 Å². The highest BCUT2D eigenvalue weighted by Crippen LogP contribution is 2.34. The number of thiophene rings is 1. The largest absolute Gasteiger partial charge is 0.367 e. The molecule has 0 aromatic carbocycles. The Hall–Kier alpha value is -0.670. The molecule has 0 spiro atoms. The first-order chi connectivity index (χ1) is 8.34. The van der Waals surface area contributed by atoms with E-state index < -0.39 is 0 Å². The lowest BCUT2D eigenvalue weighted by Gasteiger charge is -2.25. The summed E-state index contributed by atoms with van der Waals surface area (Å²) in [6.07, 6.45) is 4.88. The summed E-state index contributed by atoms with van der Waals surface area (Å²) in [4.78, 5) is 6.27. The topological polar surface area (TPSA) is 21.6 Å². The second-order valence-electron chi connectivity index (χ2n) is 5.12. The number of hydrogen-bond donors (Lipinski definition) is 0. The van der Waals surface area contributed by atoms with Gasteiger partial charge in [-0.05, 0) is 36.6 Å². The highest BCUT2D eigenvalue weighted by Gasteiger charge is 2.27. The summed E-state index contributed by atoms with van der Waals surface area (Å²) < 4.78 is 5.98. The van der Waals surface area contributed by atoms with Gasteiger partial charge in [0.25, 0.3) is 0 Å². The van der Waals surface area contributed by atoms with E-state index in [1.807, 2.05) is 11.3 Å². The first-order valence-corrected chi connectivity index (χ1v) is 7.43. The van der Waals surface area contributed by atoms with E-state index >= 15 is 0 Å². The van der Waals surface area contributed by atoms with Gasteiger partial charge in [-0.15, -0.1) is 11.3 Å². The first kappa shape index (κ1) is 11.4. The zero-order valence-corrected chi connectivity index (χ0v) is 11.1. The lowest BCUT2D eigenvalue weighted by Crippen LogP contribution is -2.23. The van der Waals surface area contributed by atoms with Crippen molar-refractivity contribution < 1.29 is 4.74 Å². The van der Waals surface area contributed by atoms with E-state index in [1.165, 1.54) is 29.0 Å². The standard InChI is InChI=1S/C14H19NOS/c1-10-3-2-6-15-12(9-10)14-11-5-8-17-13(11)4-7-16-14/h5,8,10,14H,2-4,6-7,9H2,1H3. The molecule has 0 N–H and O–H groups in total. The van der Waals surface area contributed by atoms with Crippen molar-refractivity contribution in [2.24, 2.45) is 10.9 Å². The molecular formula is C14H19NOS. The predicted molar refractivity (Wildman–Crippen MR) is 72.0 cm³/mol. The van der Waals surface area contributed by atoms with Gasteiger partial charge in [-0.1, -0.05) is 6.92 Å². The summed E-state index contributed by atoms with van der Waals surface area (Å²) in [6, 6.07) is 2.22. The Morgan fingerprint density at radius 2 is 2.41 bits per heavy atom. The van der Waals surface area contributed by atoms with E-state index in [2.05, 4.69) is 18.4 Å². The van der Waals surface area contributed by atoms with Gasteiger partial charge in [0.05, 0.1) is 6.61 Å². The van der Waals surface area contributed by atoms with Gasteiger partial charge in [0.15, 0.2) is 0 Å². The molecule has 2 aliphatic rings. The molecule has 0 bridgehead atoms. The Bertz CT molecular complexity index is 424. The molecule has 3 heteroatoms. The van der Waals surface area contributed by atoms with Crippen LogP contribution in [0.3, 0.4) is 0 Å². The van der Waals surface area contributed by atoms with E-state index in [0.29, 0.717) is 0 Å². The molecule has 2 aliphatic heterocycles. The number of nitrogens with zero attached hydrogens (tertiary/aromatic N) is 1. The normalized spacial score (nSPS) is 29.4. The Balaban J connectivity index is 1.88. The molecule has 0 radical (unpaired) electrons. The SMILES string of the molecule is CC1CCCN=C(C2OCCc3sccc32)C1. The van der Waals surface area contributed by atoms with Crippen LogP contribution in [0.2, 0.25) is 0 Å². The minimum atomic E-state index is 0.158. The molecule has 0 saturated heterocycles. The average Bonchev–Trinajstić information content (AvgIpc) is 2.71. The number of rotatable bonds is 1. The van der Waals surface area contributed by atoms with Gasteiger partial charge >= 0.3 is 0 Å². The molecule has 2 unspecified atom stereocenters. The van der Waals surface area contributed by atoms with Crippen LogP contribution < -0.4 is 0 Å². The van der Waals surface area contributed by atoms with Crippen molar-refractivity contribution >= 4 is 17.0 Å². The predicted octanol–water partition coefficient (Wildman–Crippen LogP) is 3.62. The van der Waals surface area contributed by atoms with Crippen molar-refractivity contribution in [3.63, 3.8) is 0 Å². The lowest BCUT2D eigenvalue weighted by molar-refractivity contribution is 0.0872. The van der Waals surface area contributed by atoms with E-state index in [4.69, 9.17) is 9.73 Å². The van der Waals surface area contributed by atoms with Gasteiger partial charge in [-0.3, -0.25) is 4.99 Å². The third kappa shape index (κ3) is 2.31. The fourth-order valence-corrected chi connectivity index (χ4v) is 3.69. The fourth-order valence-electron chi connectivity index (χ4n) is 2.80. The van der Waals surface area contributed by atoms with Crippen LogP contribution in [-0.4, -0.2) is 18.9 Å². The zero-order chi connectivity index (χ0) is 11.7. The number of fused-ring (bicyclic) bond motifs is 1. The van der Waals surface area contributed by atoms with E-state index in [0.717, 1.165) is 31.9 Å². The molecule has 3 rings (SSSR count). The van der Waals surface area contributed by atoms with E-state index in [1.54, 1.807) is 0 Å². The average molecular weight is 249 g/mol. The molecule has 17 heavy (non-hydrogen) atoms. The molecule has 92 valence electrons. The highest BCUT2D eigenvalue weighted by atomic mass is 32.1. The van der Waals surface area contributed by atoms with Crippen LogP contribution in [0.1, 0.15) is 42.7 Å². The monoisotopic (exact) mass is 249 g/mol. The van der Waals surface area contributed by atoms with Crippen LogP contribution in [0.4, 0.5) is 0 Å². The molecule has 2 atom stereocenters. The summed E-state index contributed by atoms with van der Waals surface area (Å²) in [7, 11) is 0. The smallest absolute Gasteiger partial charge is 0.121 e. The van der Waals surface area contributed by atoms with Gasteiger partial charge in [0.1, 0.15) is 6.10 Å². The Kier molecular flexibility index (Phi) is 3.30. The lowest BCUT2D eigenvalue weighted by atomic mass is 9.94. The second kappa shape index (κ2) is 4.91. The fraction of sp³-hybridized carbons (Fsp3) is 0.643. The van der Waals surface area contributed by atoms with Crippen LogP contribution in [0.15, 0.2) is 16.4 Å². The maximum atomic E-state index is 5.98. The molecular weight excluding hydrogens is 230 g/mol. The number of aliphatic imine (C=N–C) groups is 1. The molecule has 3 heterocycles. The summed E-state index contributed by atoms with van der Waals surface area (Å²) in [5.41, 5.74) is 2.67. The van der Waals surface area contributed by atoms with Crippen molar-refractivity contribution in [3.8, 4) is 0 Å². The highest BCUT2D eigenvalue weighted by molar-refractivity contribution is 7.10. The molecule has 0 fully saturated rings. The van der Waals surface area contributed by atoms with Gasteiger partial charge in [-0.2, -0.15) is 0 Å². The molecule has 0 saturated carbocycles. The van der Waals surface area contributed by atoms with E-state index in [9.17, 15) is 0 Å². The quantitative estimate of drug-likeness (QED) is 0.745. The molecule has 0 amide bonds.